The van der Waals surface area contributed by atoms with E-state index in [1.807, 2.05) is 35.2 Å². The second-order valence-electron chi connectivity index (χ2n) is 9.19. The molecular formula is C27H33N3O3. The number of hydrogen-bond donors (Lipinski definition) is 1. The highest BCUT2D eigenvalue weighted by atomic mass is 16.5. The SMILES string of the molecule is COc1ccc2cc(C(=O)N3CCC(N4CCC[C@@H]4COCc4ccccc4)CC3)[nH]c2c1. The lowest BCUT2D eigenvalue weighted by atomic mass is 10.0. The maximum Gasteiger partial charge on any atom is 0.270 e. The average Bonchev–Trinajstić information content (AvgIpc) is 3.51. The number of piperidine rings is 1. The number of hydrogen-bond acceptors (Lipinski definition) is 4. The Morgan fingerprint density at radius 3 is 2.64 bits per heavy atom. The highest BCUT2D eigenvalue weighted by molar-refractivity contribution is 5.98. The van der Waals surface area contributed by atoms with Crippen molar-refractivity contribution in [2.45, 2.75) is 44.4 Å². The van der Waals surface area contributed by atoms with Crippen LogP contribution in [0.1, 0.15) is 41.7 Å². The molecule has 5 rings (SSSR count). The third kappa shape index (κ3) is 4.92. The molecule has 2 fully saturated rings. The summed E-state index contributed by atoms with van der Waals surface area (Å²) in [5.41, 5.74) is 2.82. The van der Waals surface area contributed by atoms with Crippen LogP contribution in [0.4, 0.5) is 0 Å². The molecule has 2 aliphatic rings. The molecule has 2 aromatic carbocycles. The van der Waals surface area contributed by atoms with Crippen molar-refractivity contribution in [3.05, 3.63) is 65.9 Å². The Hall–Kier alpha value is -2.83. The van der Waals surface area contributed by atoms with Gasteiger partial charge < -0.3 is 19.4 Å². The van der Waals surface area contributed by atoms with E-state index in [1.165, 1.54) is 18.4 Å². The van der Waals surface area contributed by atoms with E-state index in [1.54, 1.807) is 7.11 Å². The van der Waals surface area contributed by atoms with Crippen LogP contribution in [-0.4, -0.2) is 66.1 Å². The van der Waals surface area contributed by atoms with Crippen molar-refractivity contribution in [2.24, 2.45) is 0 Å². The number of carbonyl (C=O) groups is 1. The molecule has 6 heteroatoms. The fraction of sp³-hybridized carbons (Fsp3) is 0.444. The van der Waals surface area contributed by atoms with Crippen LogP contribution in [0.3, 0.4) is 0 Å². The lowest BCUT2D eigenvalue weighted by Crippen LogP contribution is -2.49. The van der Waals surface area contributed by atoms with E-state index >= 15 is 0 Å². The molecule has 0 bridgehead atoms. The summed E-state index contributed by atoms with van der Waals surface area (Å²) in [5.74, 6) is 0.880. The fourth-order valence-corrected chi connectivity index (χ4v) is 5.32. The van der Waals surface area contributed by atoms with Gasteiger partial charge in [-0.2, -0.15) is 0 Å². The number of benzene rings is 2. The van der Waals surface area contributed by atoms with Gasteiger partial charge in [-0.1, -0.05) is 30.3 Å². The summed E-state index contributed by atoms with van der Waals surface area (Å²) in [7, 11) is 1.65. The molecule has 0 spiro atoms. The zero-order valence-electron chi connectivity index (χ0n) is 19.3. The van der Waals surface area contributed by atoms with Gasteiger partial charge in [0.15, 0.2) is 0 Å². The third-order valence-corrected chi connectivity index (χ3v) is 7.13. The number of nitrogens with zero attached hydrogens (tertiary/aromatic N) is 2. The Balaban J connectivity index is 1.14. The molecule has 6 nitrogen and oxygen atoms in total. The maximum atomic E-state index is 13.1. The van der Waals surface area contributed by atoms with Gasteiger partial charge in [0.2, 0.25) is 0 Å². The number of fused-ring (bicyclic) bond motifs is 1. The van der Waals surface area contributed by atoms with Gasteiger partial charge in [0, 0.05) is 42.1 Å². The first-order valence-corrected chi connectivity index (χ1v) is 12.0. The molecule has 0 saturated carbocycles. The normalized spacial score (nSPS) is 19.9. The van der Waals surface area contributed by atoms with Crippen molar-refractivity contribution in [1.29, 1.82) is 0 Å². The Bertz CT molecular complexity index is 1070. The molecule has 0 radical (unpaired) electrons. The van der Waals surface area contributed by atoms with Gasteiger partial charge in [0.1, 0.15) is 11.4 Å². The summed E-state index contributed by atoms with van der Waals surface area (Å²) in [6.07, 6.45) is 4.48. The standard InChI is InChI=1S/C27H33N3O3/c1-32-24-10-9-21-16-26(28-25(21)17-24)27(31)29-14-11-22(12-15-29)30-13-5-8-23(30)19-33-18-20-6-3-2-4-7-20/h2-4,6-7,9-10,16-17,22-23,28H,5,8,11-15,18-19H2,1H3/t23-/m1/s1. The molecule has 33 heavy (non-hydrogen) atoms. The van der Waals surface area contributed by atoms with Crippen molar-refractivity contribution >= 4 is 16.8 Å². The summed E-state index contributed by atoms with van der Waals surface area (Å²) in [4.78, 5) is 21.0. The number of carbonyl (C=O) groups excluding carboxylic acids is 1. The lowest BCUT2D eigenvalue weighted by molar-refractivity contribution is 0.0313. The summed E-state index contributed by atoms with van der Waals surface area (Å²) >= 11 is 0. The highest BCUT2D eigenvalue weighted by Gasteiger charge is 2.34. The molecule has 0 aliphatic carbocycles. The highest BCUT2D eigenvalue weighted by Crippen LogP contribution is 2.28. The zero-order chi connectivity index (χ0) is 22.6. The molecule has 3 heterocycles. The second kappa shape index (κ2) is 9.98. The van der Waals surface area contributed by atoms with Gasteiger partial charge in [-0.05, 0) is 56.0 Å². The van der Waals surface area contributed by atoms with E-state index in [-0.39, 0.29) is 5.91 Å². The smallest absolute Gasteiger partial charge is 0.270 e. The first-order chi connectivity index (χ1) is 16.2. The average molecular weight is 448 g/mol. The number of aromatic amines is 1. The Kier molecular flexibility index (Phi) is 6.65. The quantitative estimate of drug-likeness (QED) is 0.581. The van der Waals surface area contributed by atoms with Crippen LogP contribution >= 0.6 is 0 Å². The first kappa shape index (κ1) is 22.0. The number of ether oxygens (including phenoxy) is 2. The largest absolute Gasteiger partial charge is 0.497 e. The van der Waals surface area contributed by atoms with E-state index in [2.05, 4.69) is 34.1 Å². The van der Waals surface area contributed by atoms with Crippen molar-refractivity contribution in [1.82, 2.24) is 14.8 Å². The number of rotatable bonds is 7. The maximum absolute atomic E-state index is 13.1. The molecule has 2 saturated heterocycles. The van der Waals surface area contributed by atoms with Crippen LogP contribution in [-0.2, 0) is 11.3 Å². The molecular weight excluding hydrogens is 414 g/mol. The molecule has 1 atom stereocenters. The van der Waals surface area contributed by atoms with Gasteiger partial charge in [0.05, 0.1) is 20.3 Å². The topological polar surface area (TPSA) is 57.8 Å². The van der Waals surface area contributed by atoms with Crippen LogP contribution in [0.25, 0.3) is 10.9 Å². The zero-order valence-corrected chi connectivity index (χ0v) is 19.3. The van der Waals surface area contributed by atoms with Crippen molar-refractivity contribution in [2.75, 3.05) is 33.4 Å². The fourth-order valence-electron chi connectivity index (χ4n) is 5.32. The summed E-state index contributed by atoms with van der Waals surface area (Å²) in [6, 6.07) is 19.2. The predicted molar refractivity (Wildman–Crippen MR) is 130 cm³/mol. The molecule has 2 aliphatic heterocycles. The number of likely N-dealkylation sites (tertiary alicyclic amines) is 2. The van der Waals surface area contributed by atoms with E-state index in [9.17, 15) is 4.79 Å². The minimum Gasteiger partial charge on any atom is -0.497 e. The lowest BCUT2D eigenvalue weighted by Gasteiger charge is -2.39. The predicted octanol–water partition coefficient (Wildman–Crippen LogP) is 4.46. The molecule has 1 N–H and O–H groups in total. The minimum absolute atomic E-state index is 0.0905. The van der Waals surface area contributed by atoms with E-state index in [0.717, 1.165) is 55.7 Å². The van der Waals surface area contributed by atoms with Gasteiger partial charge >= 0.3 is 0 Å². The Morgan fingerprint density at radius 1 is 1.03 bits per heavy atom. The molecule has 1 amide bonds. The Labute approximate surface area is 195 Å². The Morgan fingerprint density at radius 2 is 1.85 bits per heavy atom. The number of amides is 1. The summed E-state index contributed by atoms with van der Waals surface area (Å²) < 4.78 is 11.4. The molecule has 1 aromatic heterocycles. The van der Waals surface area contributed by atoms with E-state index in [0.29, 0.717) is 24.4 Å². The molecule has 0 unspecified atom stereocenters. The molecule has 3 aromatic rings. The van der Waals surface area contributed by atoms with Crippen LogP contribution in [0.2, 0.25) is 0 Å². The number of methoxy groups -OCH3 is 1. The van der Waals surface area contributed by atoms with Crippen molar-refractivity contribution in [3.63, 3.8) is 0 Å². The van der Waals surface area contributed by atoms with Crippen LogP contribution in [0, 0.1) is 0 Å². The number of H-pyrrole nitrogens is 1. The van der Waals surface area contributed by atoms with Gasteiger partial charge in [0.25, 0.3) is 5.91 Å². The van der Waals surface area contributed by atoms with Gasteiger partial charge in [-0.25, -0.2) is 0 Å². The van der Waals surface area contributed by atoms with Gasteiger partial charge in [-0.3, -0.25) is 9.69 Å². The molecule has 174 valence electrons. The second-order valence-corrected chi connectivity index (χ2v) is 9.19. The van der Waals surface area contributed by atoms with Crippen molar-refractivity contribution < 1.29 is 14.3 Å². The van der Waals surface area contributed by atoms with Crippen LogP contribution in [0.5, 0.6) is 5.75 Å². The van der Waals surface area contributed by atoms with Crippen LogP contribution in [0.15, 0.2) is 54.6 Å². The number of nitrogens with one attached hydrogen (secondary N) is 1. The minimum atomic E-state index is 0.0905. The third-order valence-electron chi connectivity index (χ3n) is 7.13. The van der Waals surface area contributed by atoms with Crippen LogP contribution < -0.4 is 4.74 Å². The van der Waals surface area contributed by atoms with E-state index < -0.39 is 0 Å². The van der Waals surface area contributed by atoms with Crippen molar-refractivity contribution in [3.8, 4) is 5.75 Å². The summed E-state index contributed by atoms with van der Waals surface area (Å²) in [6.45, 7) is 4.20. The number of aromatic nitrogens is 1. The van der Waals surface area contributed by atoms with E-state index in [4.69, 9.17) is 9.47 Å². The summed E-state index contributed by atoms with van der Waals surface area (Å²) in [5, 5.41) is 1.03. The monoisotopic (exact) mass is 447 g/mol. The van der Waals surface area contributed by atoms with Gasteiger partial charge in [-0.15, -0.1) is 0 Å². The first-order valence-electron chi connectivity index (χ1n) is 12.0.